The average Bonchev–Trinajstić information content (AvgIpc) is 3.02. The van der Waals surface area contributed by atoms with Crippen molar-refractivity contribution in [2.45, 2.75) is 19.1 Å². The number of aliphatic hydroxyl groups is 1. The molecule has 3 rings (SSSR count). The molecule has 1 unspecified atom stereocenters. The third-order valence-corrected chi connectivity index (χ3v) is 3.79. The zero-order valence-corrected chi connectivity index (χ0v) is 13.0. The van der Waals surface area contributed by atoms with E-state index in [4.69, 9.17) is 25.5 Å². The van der Waals surface area contributed by atoms with E-state index >= 15 is 0 Å². The van der Waals surface area contributed by atoms with Crippen LogP contribution in [0.1, 0.15) is 18.2 Å². The fourth-order valence-corrected chi connectivity index (χ4v) is 2.68. The molecular weight excluding hydrogens is 306 g/mol. The summed E-state index contributed by atoms with van der Waals surface area (Å²) in [6.45, 7) is 3.64. The minimum Gasteiger partial charge on any atom is -0.486 e. The molecular formula is C16H18ClNO4. The highest BCUT2D eigenvalue weighted by molar-refractivity contribution is 6.32. The molecule has 0 amide bonds. The molecule has 2 heterocycles. The van der Waals surface area contributed by atoms with Crippen LogP contribution in [0, 0.1) is 0 Å². The first-order chi connectivity index (χ1) is 10.6. The highest BCUT2D eigenvalue weighted by atomic mass is 35.5. The Morgan fingerprint density at radius 3 is 2.91 bits per heavy atom. The van der Waals surface area contributed by atoms with Gasteiger partial charge in [0.2, 0.25) is 0 Å². The van der Waals surface area contributed by atoms with Gasteiger partial charge in [0.1, 0.15) is 24.6 Å². The number of hydrogen-bond donors (Lipinski definition) is 2. The number of hydrogen-bond acceptors (Lipinski definition) is 5. The number of fused-ring (bicyclic) bond motifs is 1. The number of halogens is 1. The van der Waals surface area contributed by atoms with Crippen LogP contribution in [0.4, 0.5) is 0 Å². The van der Waals surface area contributed by atoms with Crippen LogP contribution in [0.3, 0.4) is 0 Å². The van der Waals surface area contributed by atoms with Gasteiger partial charge < -0.3 is 24.3 Å². The lowest BCUT2D eigenvalue weighted by Gasteiger charge is -2.22. The summed E-state index contributed by atoms with van der Waals surface area (Å²) >= 11 is 6.20. The van der Waals surface area contributed by atoms with Gasteiger partial charge in [-0.25, -0.2) is 0 Å². The second-order valence-electron chi connectivity index (χ2n) is 5.46. The van der Waals surface area contributed by atoms with Crippen molar-refractivity contribution in [3.05, 3.63) is 46.9 Å². The van der Waals surface area contributed by atoms with E-state index < -0.39 is 5.60 Å². The Labute approximate surface area is 133 Å². The summed E-state index contributed by atoms with van der Waals surface area (Å²) in [6, 6.07) is 7.24. The predicted octanol–water partition coefficient (Wildman–Crippen LogP) is 2.70. The Bertz CT molecular complexity index is 640. The Kier molecular flexibility index (Phi) is 4.29. The molecule has 2 N–H and O–H groups in total. The molecule has 118 valence electrons. The van der Waals surface area contributed by atoms with Gasteiger partial charge in [-0.15, -0.1) is 0 Å². The van der Waals surface area contributed by atoms with Crippen molar-refractivity contribution in [2.75, 3.05) is 19.8 Å². The lowest BCUT2D eigenvalue weighted by atomic mass is 10.0. The number of ether oxygens (including phenoxy) is 2. The number of rotatable bonds is 5. The van der Waals surface area contributed by atoms with Gasteiger partial charge in [-0.1, -0.05) is 11.6 Å². The first kappa shape index (κ1) is 15.2. The molecule has 1 aromatic carbocycles. The molecule has 0 saturated heterocycles. The van der Waals surface area contributed by atoms with Gasteiger partial charge in [-0.2, -0.15) is 0 Å². The van der Waals surface area contributed by atoms with E-state index in [1.54, 1.807) is 25.3 Å². The highest BCUT2D eigenvalue weighted by Gasteiger charge is 2.25. The molecule has 0 bridgehead atoms. The SMILES string of the molecule is CC(O)(CNCc1cc(Cl)c2c(c1)OCCO2)c1ccco1. The maximum Gasteiger partial charge on any atom is 0.179 e. The fraction of sp³-hybridized carbons (Fsp3) is 0.375. The number of benzene rings is 1. The van der Waals surface area contributed by atoms with Crippen molar-refractivity contribution in [3.63, 3.8) is 0 Å². The normalized spacial score (nSPS) is 16.3. The summed E-state index contributed by atoms with van der Waals surface area (Å²) in [6.07, 6.45) is 1.55. The second kappa shape index (κ2) is 6.20. The van der Waals surface area contributed by atoms with E-state index in [0.29, 0.717) is 48.6 Å². The van der Waals surface area contributed by atoms with Gasteiger partial charge >= 0.3 is 0 Å². The van der Waals surface area contributed by atoms with E-state index in [1.165, 1.54) is 0 Å². The largest absolute Gasteiger partial charge is 0.486 e. The monoisotopic (exact) mass is 323 g/mol. The van der Waals surface area contributed by atoms with Gasteiger partial charge in [0.25, 0.3) is 0 Å². The topological polar surface area (TPSA) is 63.9 Å². The molecule has 1 atom stereocenters. The molecule has 1 aromatic heterocycles. The Morgan fingerprint density at radius 2 is 2.14 bits per heavy atom. The molecule has 2 aromatic rings. The molecule has 1 aliphatic rings. The van der Waals surface area contributed by atoms with Crippen LogP contribution in [0.2, 0.25) is 5.02 Å². The Balaban J connectivity index is 1.63. The van der Waals surface area contributed by atoms with Crippen molar-refractivity contribution in [1.82, 2.24) is 5.32 Å². The van der Waals surface area contributed by atoms with Gasteiger partial charge in [0, 0.05) is 13.1 Å². The molecule has 0 saturated carbocycles. The van der Waals surface area contributed by atoms with Crippen LogP contribution in [0.15, 0.2) is 34.9 Å². The Hall–Kier alpha value is -1.69. The zero-order chi connectivity index (χ0) is 15.6. The lowest BCUT2D eigenvalue weighted by Crippen LogP contribution is -2.34. The summed E-state index contributed by atoms with van der Waals surface area (Å²) in [5, 5.41) is 14.1. The molecule has 5 nitrogen and oxygen atoms in total. The molecule has 1 aliphatic heterocycles. The molecule has 6 heteroatoms. The summed E-state index contributed by atoms with van der Waals surface area (Å²) in [4.78, 5) is 0. The van der Waals surface area contributed by atoms with E-state index in [-0.39, 0.29) is 0 Å². The van der Waals surface area contributed by atoms with Crippen LogP contribution in [0.5, 0.6) is 11.5 Å². The van der Waals surface area contributed by atoms with E-state index in [2.05, 4.69) is 5.32 Å². The van der Waals surface area contributed by atoms with Crippen LogP contribution in [-0.4, -0.2) is 24.9 Å². The smallest absolute Gasteiger partial charge is 0.179 e. The minimum atomic E-state index is -1.07. The molecule has 22 heavy (non-hydrogen) atoms. The molecule has 0 aliphatic carbocycles. The third-order valence-electron chi connectivity index (χ3n) is 3.51. The summed E-state index contributed by atoms with van der Waals surface area (Å²) in [7, 11) is 0. The van der Waals surface area contributed by atoms with Crippen molar-refractivity contribution in [3.8, 4) is 11.5 Å². The quantitative estimate of drug-likeness (QED) is 0.885. The number of furan rings is 1. The zero-order valence-electron chi connectivity index (χ0n) is 12.3. The summed E-state index contributed by atoms with van der Waals surface area (Å²) in [5.41, 5.74) is -0.106. The summed E-state index contributed by atoms with van der Waals surface area (Å²) < 4.78 is 16.3. The van der Waals surface area contributed by atoms with Crippen LogP contribution >= 0.6 is 11.6 Å². The van der Waals surface area contributed by atoms with Gasteiger partial charge in [-0.3, -0.25) is 0 Å². The minimum absolute atomic E-state index is 0.354. The highest BCUT2D eigenvalue weighted by Crippen LogP contribution is 2.38. The van der Waals surface area contributed by atoms with Gasteiger partial charge in [0.05, 0.1) is 11.3 Å². The van der Waals surface area contributed by atoms with Crippen molar-refractivity contribution >= 4 is 11.6 Å². The third kappa shape index (κ3) is 3.21. The van der Waals surface area contributed by atoms with E-state index in [0.717, 1.165) is 5.56 Å². The summed E-state index contributed by atoms with van der Waals surface area (Å²) in [5.74, 6) is 1.79. The van der Waals surface area contributed by atoms with Crippen LogP contribution in [-0.2, 0) is 12.1 Å². The number of nitrogens with one attached hydrogen (secondary N) is 1. The molecule has 0 radical (unpaired) electrons. The van der Waals surface area contributed by atoms with Crippen LogP contribution in [0.25, 0.3) is 0 Å². The maximum atomic E-state index is 10.4. The van der Waals surface area contributed by atoms with Gasteiger partial charge in [0.15, 0.2) is 11.5 Å². The fourth-order valence-electron chi connectivity index (χ4n) is 2.39. The lowest BCUT2D eigenvalue weighted by molar-refractivity contribution is 0.0340. The maximum absolute atomic E-state index is 10.4. The van der Waals surface area contributed by atoms with Crippen molar-refractivity contribution in [1.29, 1.82) is 0 Å². The van der Waals surface area contributed by atoms with E-state index in [1.807, 2.05) is 12.1 Å². The van der Waals surface area contributed by atoms with E-state index in [9.17, 15) is 5.11 Å². The standard InChI is InChI=1S/C16H18ClNO4/c1-16(19,14-3-2-4-21-14)10-18-9-11-7-12(17)15-13(8-11)20-5-6-22-15/h2-4,7-8,18-19H,5-6,9-10H2,1H3. The molecule has 0 spiro atoms. The van der Waals surface area contributed by atoms with Gasteiger partial charge in [-0.05, 0) is 36.8 Å². The van der Waals surface area contributed by atoms with Crippen molar-refractivity contribution < 1.29 is 19.0 Å². The first-order valence-corrected chi connectivity index (χ1v) is 7.49. The Morgan fingerprint density at radius 1 is 1.32 bits per heavy atom. The first-order valence-electron chi connectivity index (χ1n) is 7.11. The predicted molar refractivity (Wildman–Crippen MR) is 82.4 cm³/mol. The average molecular weight is 324 g/mol. The second-order valence-corrected chi connectivity index (χ2v) is 5.86. The molecule has 0 fully saturated rings. The van der Waals surface area contributed by atoms with Crippen LogP contribution < -0.4 is 14.8 Å². The van der Waals surface area contributed by atoms with Crippen molar-refractivity contribution in [2.24, 2.45) is 0 Å².